The highest BCUT2D eigenvalue weighted by molar-refractivity contribution is 7.16. The van der Waals surface area contributed by atoms with Crippen LogP contribution < -0.4 is 0 Å². The van der Waals surface area contributed by atoms with Crippen molar-refractivity contribution < 1.29 is 9.90 Å². The Morgan fingerprint density at radius 1 is 1.56 bits per heavy atom. The number of hydrogen-bond acceptors (Lipinski definition) is 3. The summed E-state index contributed by atoms with van der Waals surface area (Å²) in [5, 5.41) is 9.09. The molecule has 88 valence electrons. The molecule has 0 fully saturated rings. The molecule has 0 saturated heterocycles. The molecule has 0 atom stereocenters. The van der Waals surface area contributed by atoms with E-state index in [1.165, 1.54) is 11.3 Å². The van der Waals surface area contributed by atoms with Crippen LogP contribution in [0.1, 0.15) is 34.6 Å². The van der Waals surface area contributed by atoms with E-state index in [-0.39, 0.29) is 0 Å². The molecule has 1 aromatic heterocycles. The van der Waals surface area contributed by atoms with Crippen LogP contribution in [-0.4, -0.2) is 28.6 Å². The third-order valence-electron chi connectivity index (χ3n) is 2.99. The third-order valence-corrected chi connectivity index (χ3v) is 4.41. The lowest BCUT2D eigenvalue weighted by molar-refractivity contribution is 0.0695. The van der Waals surface area contributed by atoms with Gasteiger partial charge < -0.3 is 5.11 Å². The smallest absolute Gasteiger partial charge is 0.338 e. The van der Waals surface area contributed by atoms with E-state index in [4.69, 9.17) is 16.7 Å². The minimum Gasteiger partial charge on any atom is -0.478 e. The summed E-state index contributed by atoms with van der Waals surface area (Å²) in [5.74, 6) is -0.902. The lowest BCUT2D eigenvalue weighted by Crippen LogP contribution is -2.35. The number of carboxylic acids is 1. The minimum absolute atomic E-state index is 0.324. The number of halogens is 1. The predicted octanol–water partition coefficient (Wildman–Crippen LogP) is 2.87. The Kier molecular flexibility index (Phi) is 3.24. The lowest BCUT2D eigenvalue weighted by Gasteiger charge is -2.30. The van der Waals surface area contributed by atoms with E-state index in [0.29, 0.717) is 15.9 Å². The minimum atomic E-state index is -0.902. The summed E-state index contributed by atoms with van der Waals surface area (Å²) in [6.07, 6.45) is 0.790. The highest BCUT2D eigenvalue weighted by Crippen LogP contribution is 2.36. The van der Waals surface area contributed by atoms with Gasteiger partial charge in [-0.2, -0.15) is 0 Å². The van der Waals surface area contributed by atoms with Gasteiger partial charge in [-0.1, -0.05) is 11.6 Å². The molecule has 16 heavy (non-hydrogen) atoms. The quantitative estimate of drug-likeness (QED) is 0.888. The van der Waals surface area contributed by atoms with Gasteiger partial charge in [0.2, 0.25) is 0 Å². The maximum absolute atomic E-state index is 11.1. The van der Waals surface area contributed by atoms with Gasteiger partial charge in [0.05, 0.1) is 5.56 Å². The molecule has 1 N–H and O–H groups in total. The maximum atomic E-state index is 11.1. The summed E-state index contributed by atoms with van der Waals surface area (Å²) in [5.41, 5.74) is 1.27. The summed E-state index contributed by atoms with van der Waals surface area (Å²) in [6.45, 7) is 6.04. The van der Waals surface area contributed by atoms with Crippen molar-refractivity contribution >= 4 is 28.9 Å². The van der Waals surface area contributed by atoms with Crippen molar-refractivity contribution in [2.24, 2.45) is 0 Å². The fourth-order valence-corrected chi connectivity index (χ4v) is 3.60. The molecule has 0 aromatic carbocycles. The van der Waals surface area contributed by atoms with Crippen LogP contribution in [0.4, 0.5) is 0 Å². The summed E-state index contributed by atoms with van der Waals surface area (Å²) in [6, 6.07) is 0.488. The fourth-order valence-electron chi connectivity index (χ4n) is 2.04. The van der Waals surface area contributed by atoms with Crippen molar-refractivity contribution in [1.29, 1.82) is 0 Å². The van der Waals surface area contributed by atoms with Crippen molar-refractivity contribution in [2.75, 3.05) is 6.54 Å². The highest BCUT2D eigenvalue weighted by Gasteiger charge is 2.27. The van der Waals surface area contributed by atoms with Crippen LogP contribution in [0.25, 0.3) is 0 Å². The molecule has 1 aromatic rings. The highest BCUT2D eigenvalue weighted by atomic mass is 35.5. The van der Waals surface area contributed by atoms with E-state index >= 15 is 0 Å². The van der Waals surface area contributed by atoms with E-state index in [1.54, 1.807) is 0 Å². The van der Waals surface area contributed by atoms with E-state index < -0.39 is 5.97 Å². The monoisotopic (exact) mass is 259 g/mol. The number of carbonyl (C=O) groups is 1. The van der Waals surface area contributed by atoms with Crippen LogP contribution in [0.15, 0.2) is 0 Å². The Morgan fingerprint density at radius 3 is 2.81 bits per heavy atom. The molecule has 0 aliphatic carbocycles. The molecule has 0 amide bonds. The van der Waals surface area contributed by atoms with Gasteiger partial charge in [0.25, 0.3) is 0 Å². The fraction of sp³-hybridized carbons (Fsp3) is 0.545. The lowest BCUT2D eigenvalue weighted by atomic mass is 10.0. The summed E-state index contributed by atoms with van der Waals surface area (Å²) in [4.78, 5) is 14.5. The molecule has 1 aliphatic rings. The van der Waals surface area contributed by atoms with E-state index in [2.05, 4.69) is 18.7 Å². The van der Waals surface area contributed by atoms with Gasteiger partial charge in [-0.3, -0.25) is 4.90 Å². The number of nitrogens with zero attached hydrogens (tertiary/aromatic N) is 1. The van der Waals surface area contributed by atoms with Gasteiger partial charge in [0, 0.05) is 24.0 Å². The van der Waals surface area contributed by atoms with Crippen LogP contribution >= 0.6 is 22.9 Å². The topological polar surface area (TPSA) is 40.5 Å². The molecule has 3 nitrogen and oxygen atoms in total. The molecule has 0 bridgehead atoms. The Balaban J connectivity index is 2.35. The molecule has 2 rings (SSSR count). The van der Waals surface area contributed by atoms with Crippen LogP contribution in [0.3, 0.4) is 0 Å². The number of aromatic carboxylic acids is 1. The van der Waals surface area contributed by atoms with Crippen molar-refractivity contribution in [2.45, 2.75) is 32.9 Å². The summed E-state index contributed by atoms with van der Waals surface area (Å²) in [7, 11) is 0. The zero-order valence-corrected chi connectivity index (χ0v) is 10.9. The van der Waals surface area contributed by atoms with Crippen LogP contribution in [0.2, 0.25) is 4.34 Å². The first-order valence-electron chi connectivity index (χ1n) is 5.28. The molecule has 5 heteroatoms. The SMILES string of the molecule is CC(C)N1CCc2c(sc(Cl)c2C(=O)O)C1. The zero-order chi connectivity index (χ0) is 11.9. The Hall–Kier alpha value is -0.580. The first-order valence-corrected chi connectivity index (χ1v) is 6.47. The van der Waals surface area contributed by atoms with Crippen molar-refractivity contribution in [3.8, 4) is 0 Å². The average molecular weight is 260 g/mol. The number of fused-ring (bicyclic) bond motifs is 1. The molecule has 0 unspecified atom stereocenters. The number of rotatable bonds is 2. The first-order chi connectivity index (χ1) is 7.50. The third kappa shape index (κ3) is 1.97. The summed E-state index contributed by atoms with van der Waals surface area (Å²) < 4.78 is 0.420. The van der Waals surface area contributed by atoms with E-state index in [9.17, 15) is 4.79 Å². The first kappa shape index (κ1) is 11.9. The molecule has 1 aliphatic heterocycles. The second kappa shape index (κ2) is 4.35. The van der Waals surface area contributed by atoms with Gasteiger partial charge in [-0.15, -0.1) is 11.3 Å². The Labute approximate surface area is 104 Å². The van der Waals surface area contributed by atoms with Gasteiger partial charge in [-0.25, -0.2) is 4.79 Å². The maximum Gasteiger partial charge on any atom is 0.338 e. The van der Waals surface area contributed by atoms with Gasteiger partial charge >= 0.3 is 5.97 Å². The largest absolute Gasteiger partial charge is 0.478 e. The number of thiophene rings is 1. The second-order valence-corrected chi connectivity index (χ2v) is 5.98. The van der Waals surface area contributed by atoms with Crippen molar-refractivity contribution in [1.82, 2.24) is 4.90 Å². The van der Waals surface area contributed by atoms with Crippen LogP contribution in [0.5, 0.6) is 0 Å². The van der Waals surface area contributed by atoms with Gasteiger partial charge in [0.15, 0.2) is 0 Å². The van der Waals surface area contributed by atoms with Gasteiger partial charge in [-0.05, 0) is 25.8 Å². The molecular formula is C11H14ClNO2S. The normalized spacial score (nSPS) is 16.5. The van der Waals surface area contributed by atoms with E-state index in [0.717, 1.165) is 30.0 Å². The second-order valence-electron chi connectivity index (χ2n) is 4.27. The Morgan fingerprint density at radius 2 is 2.25 bits per heavy atom. The molecular weight excluding hydrogens is 246 g/mol. The van der Waals surface area contributed by atoms with Crippen molar-refractivity contribution in [3.63, 3.8) is 0 Å². The predicted molar refractivity (Wildman–Crippen MR) is 65.5 cm³/mol. The van der Waals surface area contributed by atoms with E-state index in [1.807, 2.05) is 0 Å². The van der Waals surface area contributed by atoms with Crippen LogP contribution in [-0.2, 0) is 13.0 Å². The molecule has 0 saturated carbocycles. The standard InChI is InChI=1S/C11H14ClNO2S/c1-6(2)13-4-3-7-8(5-13)16-10(12)9(7)11(14)15/h6H,3-5H2,1-2H3,(H,14,15). The molecule has 0 spiro atoms. The molecule has 2 heterocycles. The Bertz CT molecular complexity index is 428. The van der Waals surface area contributed by atoms with Gasteiger partial charge in [0.1, 0.15) is 4.34 Å². The average Bonchev–Trinajstić information content (AvgIpc) is 2.51. The van der Waals surface area contributed by atoms with Crippen LogP contribution in [0, 0.1) is 0 Å². The number of carboxylic acid groups (broad SMARTS) is 1. The summed E-state index contributed by atoms with van der Waals surface area (Å²) >= 11 is 7.39. The number of hydrogen-bond donors (Lipinski definition) is 1. The molecule has 0 radical (unpaired) electrons. The zero-order valence-electron chi connectivity index (χ0n) is 9.29. The van der Waals surface area contributed by atoms with Crippen molar-refractivity contribution in [3.05, 3.63) is 20.3 Å².